The highest BCUT2D eigenvalue weighted by Gasteiger charge is 2.29. The molecule has 0 spiro atoms. The predicted octanol–water partition coefficient (Wildman–Crippen LogP) is 3.81. The Kier molecular flexibility index (Phi) is 6.22. The molecule has 1 aromatic heterocycles. The quantitative estimate of drug-likeness (QED) is 0.473. The molecule has 3 N–H and O–H groups in total. The molecule has 0 aliphatic carbocycles. The van der Waals surface area contributed by atoms with Crippen LogP contribution in [-0.4, -0.2) is 34.9 Å². The second-order valence-electron chi connectivity index (χ2n) is 7.14. The van der Waals surface area contributed by atoms with Crippen LogP contribution >= 0.6 is 11.8 Å². The van der Waals surface area contributed by atoms with E-state index in [1.807, 2.05) is 6.07 Å². The molecule has 0 saturated carbocycles. The monoisotopic (exact) mass is 406 g/mol. The first-order valence-electron chi connectivity index (χ1n) is 9.93. The van der Waals surface area contributed by atoms with E-state index in [1.54, 1.807) is 11.8 Å². The Morgan fingerprint density at radius 3 is 2.72 bits per heavy atom. The molecule has 1 aliphatic rings. The molecule has 2 aromatic carbocycles. The topological polar surface area (TPSA) is 60.2 Å². The lowest BCUT2D eigenvalue weighted by Gasteiger charge is -2.28. The van der Waals surface area contributed by atoms with Crippen molar-refractivity contribution in [1.82, 2.24) is 20.5 Å². The van der Waals surface area contributed by atoms with Crippen molar-refractivity contribution < 1.29 is 4.79 Å². The number of thioether (sulfide) groups is 1. The van der Waals surface area contributed by atoms with Crippen LogP contribution in [0.1, 0.15) is 18.1 Å². The predicted molar refractivity (Wildman–Crippen MR) is 120 cm³/mol. The van der Waals surface area contributed by atoms with Gasteiger partial charge in [0.25, 0.3) is 0 Å². The zero-order chi connectivity index (χ0) is 20.1. The lowest BCUT2D eigenvalue weighted by atomic mass is 10.1. The molecule has 0 bridgehead atoms. The third-order valence-electron chi connectivity index (χ3n) is 5.33. The van der Waals surface area contributed by atoms with E-state index in [0.717, 1.165) is 43.1 Å². The molecule has 1 atom stereocenters. The summed E-state index contributed by atoms with van der Waals surface area (Å²) in [6.07, 6.45) is 4.78. The Labute approximate surface area is 175 Å². The molecule has 6 heteroatoms. The summed E-state index contributed by atoms with van der Waals surface area (Å²) >= 11 is 1.67. The number of aromatic amines is 1. The molecule has 5 nitrogen and oxygen atoms in total. The number of nitrogens with one attached hydrogen (secondary N) is 3. The molecule has 150 valence electrons. The zero-order valence-electron chi connectivity index (χ0n) is 16.5. The Balaban J connectivity index is 1.42. The van der Waals surface area contributed by atoms with Gasteiger partial charge in [0.1, 0.15) is 5.50 Å². The molecule has 0 fully saturated rings. The number of allylic oxidation sites excluding steroid dienone is 1. The summed E-state index contributed by atoms with van der Waals surface area (Å²) in [6, 6.07) is 18.9. The van der Waals surface area contributed by atoms with Crippen LogP contribution in [0.15, 0.2) is 71.5 Å². The average molecular weight is 407 g/mol. The van der Waals surface area contributed by atoms with Crippen molar-refractivity contribution in [3.05, 3.63) is 82.6 Å². The number of para-hydroxylation sites is 1. The lowest BCUT2D eigenvalue weighted by molar-refractivity contribution is -0.108. The normalized spacial score (nSPS) is 16.6. The molecule has 1 amide bonds. The minimum Gasteiger partial charge on any atom is -0.361 e. The highest BCUT2D eigenvalue weighted by Crippen LogP contribution is 2.35. The minimum atomic E-state index is 0.117. The van der Waals surface area contributed by atoms with E-state index < -0.39 is 0 Å². The minimum absolute atomic E-state index is 0.117. The Morgan fingerprint density at radius 1 is 1.10 bits per heavy atom. The van der Waals surface area contributed by atoms with Crippen LogP contribution in [0.3, 0.4) is 0 Å². The number of carbonyl (C=O) groups excluding carboxylic acids is 1. The van der Waals surface area contributed by atoms with Crippen molar-refractivity contribution in [2.45, 2.75) is 25.3 Å². The molecule has 1 aliphatic heterocycles. The van der Waals surface area contributed by atoms with E-state index in [9.17, 15) is 4.79 Å². The molecule has 1 unspecified atom stereocenters. The van der Waals surface area contributed by atoms with Gasteiger partial charge in [-0.3, -0.25) is 10.1 Å². The lowest BCUT2D eigenvalue weighted by Crippen LogP contribution is -2.41. The Bertz CT molecular complexity index is 998. The molecule has 2 heterocycles. The van der Waals surface area contributed by atoms with Crippen LogP contribution < -0.4 is 10.6 Å². The second-order valence-corrected chi connectivity index (χ2v) is 8.23. The average Bonchev–Trinajstić information content (AvgIpc) is 3.29. The second kappa shape index (κ2) is 9.20. The number of rotatable bonds is 9. The van der Waals surface area contributed by atoms with Crippen LogP contribution in [0.2, 0.25) is 0 Å². The number of aromatic nitrogens is 1. The van der Waals surface area contributed by atoms with Crippen LogP contribution in [0.25, 0.3) is 10.9 Å². The Morgan fingerprint density at radius 2 is 1.90 bits per heavy atom. The molecular formula is C23H26N4OS. The van der Waals surface area contributed by atoms with Gasteiger partial charge >= 0.3 is 0 Å². The smallest absolute Gasteiger partial charge is 0.211 e. The summed E-state index contributed by atoms with van der Waals surface area (Å²) < 4.78 is 0. The third kappa shape index (κ3) is 4.49. The fraction of sp³-hybridized carbons (Fsp3) is 0.261. The molecule has 3 aromatic rings. The summed E-state index contributed by atoms with van der Waals surface area (Å²) in [7, 11) is 0. The maximum Gasteiger partial charge on any atom is 0.211 e. The highest BCUT2D eigenvalue weighted by molar-refractivity contribution is 8.03. The molecule has 29 heavy (non-hydrogen) atoms. The summed E-state index contributed by atoms with van der Waals surface area (Å²) in [5.74, 6) is 0. The van der Waals surface area contributed by atoms with Gasteiger partial charge in [-0.2, -0.15) is 0 Å². The summed E-state index contributed by atoms with van der Waals surface area (Å²) in [5, 5.41) is 8.71. The maximum atomic E-state index is 11.0. The molecular weight excluding hydrogens is 380 g/mol. The van der Waals surface area contributed by atoms with Crippen molar-refractivity contribution >= 4 is 29.1 Å². The summed E-state index contributed by atoms with van der Waals surface area (Å²) in [6.45, 7) is 3.84. The van der Waals surface area contributed by atoms with Gasteiger partial charge in [0.05, 0.1) is 5.03 Å². The molecule has 4 rings (SSSR count). The van der Waals surface area contributed by atoms with E-state index in [0.29, 0.717) is 0 Å². The summed E-state index contributed by atoms with van der Waals surface area (Å²) in [4.78, 5) is 16.7. The number of hydrogen-bond donors (Lipinski definition) is 3. The Hall–Kier alpha value is -2.70. The van der Waals surface area contributed by atoms with Crippen molar-refractivity contribution in [3.8, 4) is 0 Å². The third-order valence-corrected chi connectivity index (χ3v) is 6.63. The fourth-order valence-electron chi connectivity index (χ4n) is 3.76. The van der Waals surface area contributed by atoms with Gasteiger partial charge in [-0.05, 0) is 37.0 Å². The van der Waals surface area contributed by atoms with Gasteiger partial charge in [0, 0.05) is 35.9 Å². The first kappa shape index (κ1) is 19.6. The molecule has 0 radical (unpaired) electrons. The first-order chi connectivity index (χ1) is 14.3. The van der Waals surface area contributed by atoms with Gasteiger partial charge in [-0.15, -0.1) is 0 Å². The van der Waals surface area contributed by atoms with Gasteiger partial charge in [0.2, 0.25) is 6.41 Å². The number of hydrogen-bond acceptors (Lipinski definition) is 4. The number of benzene rings is 2. The van der Waals surface area contributed by atoms with Crippen LogP contribution in [-0.2, 0) is 17.6 Å². The standard InChI is InChI=1S/C23H26N4OS/c1-17-22(26-16-28)29-23(24-13-11-18-7-3-2-4-8-18)27(17)14-12-19-15-25-21-10-6-5-9-20(19)21/h2-10,15-16,23-25H,11-14H2,1H3,(H,26,28). The fourth-order valence-corrected chi connectivity index (χ4v) is 4.98. The number of carbonyl (C=O) groups is 1. The number of nitrogens with zero attached hydrogens (tertiary/aromatic N) is 1. The molecule has 0 saturated heterocycles. The number of amides is 1. The SMILES string of the molecule is CC1=C(NC=O)SC(NCCc2ccccc2)N1CCc1c[nH]c2ccccc12. The number of fused-ring (bicyclic) bond motifs is 1. The largest absolute Gasteiger partial charge is 0.361 e. The summed E-state index contributed by atoms with van der Waals surface area (Å²) in [5.41, 5.74) is 5.04. The van der Waals surface area contributed by atoms with Crippen LogP contribution in [0.5, 0.6) is 0 Å². The maximum absolute atomic E-state index is 11.0. The van der Waals surface area contributed by atoms with Crippen molar-refractivity contribution in [2.24, 2.45) is 0 Å². The van der Waals surface area contributed by atoms with Gasteiger partial charge in [-0.1, -0.05) is 60.3 Å². The van der Waals surface area contributed by atoms with Crippen molar-refractivity contribution in [3.63, 3.8) is 0 Å². The first-order valence-corrected chi connectivity index (χ1v) is 10.8. The number of H-pyrrole nitrogens is 1. The van der Waals surface area contributed by atoms with Gasteiger partial charge in [0.15, 0.2) is 0 Å². The van der Waals surface area contributed by atoms with E-state index in [1.165, 1.54) is 22.0 Å². The van der Waals surface area contributed by atoms with E-state index in [2.05, 4.69) is 82.2 Å². The van der Waals surface area contributed by atoms with Gasteiger partial charge < -0.3 is 15.2 Å². The van der Waals surface area contributed by atoms with Crippen LogP contribution in [0, 0.1) is 0 Å². The van der Waals surface area contributed by atoms with E-state index in [4.69, 9.17) is 0 Å². The van der Waals surface area contributed by atoms with Gasteiger partial charge in [-0.25, -0.2) is 0 Å². The van der Waals surface area contributed by atoms with Crippen molar-refractivity contribution in [2.75, 3.05) is 13.1 Å². The van der Waals surface area contributed by atoms with E-state index in [-0.39, 0.29) is 5.50 Å². The van der Waals surface area contributed by atoms with Crippen molar-refractivity contribution in [1.29, 1.82) is 0 Å². The van der Waals surface area contributed by atoms with Crippen LogP contribution in [0.4, 0.5) is 0 Å². The highest BCUT2D eigenvalue weighted by atomic mass is 32.2. The van der Waals surface area contributed by atoms with E-state index >= 15 is 0 Å². The zero-order valence-corrected chi connectivity index (χ0v) is 17.3.